The van der Waals surface area contributed by atoms with Gasteiger partial charge in [0, 0.05) is 4.47 Å². The molecule has 4 heteroatoms. The zero-order chi connectivity index (χ0) is 16.0. The second kappa shape index (κ2) is 7.93. The van der Waals surface area contributed by atoms with Crippen LogP contribution in [0.25, 0.3) is 11.1 Å². The van der Waals surface area contributed by atoms with Crippen LogP contribution in [-0.4, -0.2) is 14.2 Å². The number of sulfone groups is 1. The first kappa shape index (κ1) is 17.2. The van der Waals surface area contributed by atoms with E-state index in [-0.39, 0.29) is 5.75 Å². The van der Waals surface area contributed by atoms with Gasteiger partial charge in [-0.3, -0.25) is 0 Å². The zero-order valence-corrected chi connectivity index (χ0v) is 15.2. The molecule has 0 N–H and O–H groups in total. The van der Waals surface area contributed by atoms with Crippen LogP contribution in [0, 0.1) is 0 Å². The third-order valence-electron chi connectivity index (χ3n) is 3.66. The Kier molecular flexibility index (Phi) is 6.21. The average Bonchev–Trinajstić information content (AvgIpc) is 2.52. The molecule has 0 radical (unpaired) electrons. The summed E-state index contributed by atoms with van der Waals surface area (Å²) in [5.74, 6) is 0.241. The highest BCUT2D eigenvalue weighted by molar-refractivity contribution is 9.10. The van der Waals surface area contributed by atoms with Gasteiger partial charge < -0.3 is 0 Å². The summed E-state index contributed by atoms with van der Waals surface area (Å²) in [5, 5.41) is 0. The Balaban J connectivity index is 2.09. The molecule has 2 aromatic rings. The molecule has 2 rings (SSSR count). The van der Waals surface area contributed by atoms with E-state index in [1.807, 2.05) is 36.4 Å². The van der Waals surface area contributed by atoms with E-state index in [4.69, 9.17) is 0 Å². The van der Waals surface area contributed by atoms with Gasteiger partial charge in [-0.1, -0.05) is 66.4 Å². The van der Waals surface area contributed by atoms with E-state index < -0.39 is 9.84 Å². The summed E-state index contributed by atoms with van der Waals surface area (Å²) in [6.45, 7) is 2.12. The van der Waals surface area contributed by atoms with Crippen molar-refractivity contribution in [2.75, 3.05) is 5.75 Å². The maximum Gasteiger partial charge on any atom is 0.178 e. The lowest BCUT2D eigenvalue weighted by Gasteiger charge is -2.06. The van der Waals surface area contributed by atoms with Gasteiger partial charge in [0.05, 0.1) is 10.6 Å². The Hall–Kier alpha value is -1.13. The highest BCUT2D eigenvalue weighted by Crippen LogP contribution is 2.24. The van der Waals surface area contributed by atoms with Gasteiger partial charge in [0.1, 0.15) is 0 Å². The van der Waals surface area contributed by atoms with Gasteiger partial charge in [0.15, 0.2) is 9.84 Å². The minimum absolute atomic E-state index is 0.241. The fourth-order valence-electron chi connectivity index (χ4n) is 2.33. The Morgan fingerprint density at radius 1 is 0.818 bits per heavy atom. The summed E-state index contributed by atoms with van der Waals surface area (Å²) in [5.41, 5.74) is 2.10. The van der Waals surface area contributed by atoms with Crippen molar-refractivity contribution in [1.29, 1.82) is 0 Å². The topological polar surface area (TPSA) is 34.1 Å². The van der Waals surface area contributed by atoms with Crippen LogP contribution >= 0.6 is 15.9 Å². The van der Waals surface area contributed by atoms with Gasteiger partial charge in [-0.2, -0.15) is 0 Å². The molecule has 0 saturated heterocycles. The van der Waals surface area contributed by atoms with Crippen LogP contribution in [0.1, 0.15) is 32.6 Å². The first-order valence-electron chi connectivity index (χ1n) is 7.61. The fourth-order valence-corrected chi connectivity index (χ4v) is 3.97. The Labute approximate surface area is 141 Å². The van der Waals surface area contributed by atoms with Gasteiger partial charge in [-0.15, -0.1) is 0 Å². The van der Waals surface area contributed by atoms with E-state index in [0.717, 1.165) is 41.3 Å². The monoisotopic (exact) mass is 380 g/mol. The van der Waals surface area contributed by atoms with Crippen molar-refractivity contribution >= 4 is 25.8 Å². The molecule has 0 saturated carbocycles. The number of halogens is 1. The lowest BCUT2D eigenvalue weighted by atomic mass is 10.1. The smallest absolute Gasteiger partial charge is 0.178 e. The van der Waals surface area contributed by atoms with Crippen LogP contribution in [0.2, 0.25) is 0 Å². The van der Waals surface area contributed by atoms with Gasteiger partial charge >= 0.3 is 0 Å². The Morgan fingerprint density at radius 3 is 1.91 bits per heavy atom. The van der Waals surface area contributed by atoms with Crippen LogP contribution in [-0.2, 0) is 9.84 Å². The van der Waals surface area contributed by atoms with E-state index in [1.54, 1.807) is 12.1 Å². The van der Waals surface area contributed by atoms with E-state index in [9.17, 15) is 8.42 Å². The minimum Gasteiger partial charge on any atom is -0.224 e. The molecular weight excluding hydrogens is 360 g/mol. The molecule has 0 fully saturated rings. The van der Waals surface area contributed by atoms with Crippen molar-refractivity contribution < 1.29 is 8.42 Å². The maximum absolute atomic E-state index is 12.3. The number of hydrogen-bond acceptors (Lipinski definition) is 2. The average molecular weight is 381 g/mol. The molecule has 0 spiro atoms. The standard InChI is InChI=1S/C18H21BrO2S/c1-2-3-4-5-14-22(20,21)18-12-8-16(9-13-18)15-6-10-17(19)11-7-15/h6-13H,2-5,14H2,1H3. The molecule has 2 aromatic carbocycles. The van der Waals surface area contributed by atoms with E-state index >= 15 is 0 Å². The number of unbranched alkanes of at least 4 members (excludes halogenated alkanes) is 3. The van der Waals surface area contributed by atoms with Crippen molar-refractivity contribution in [3.63, 3.8) is 0 Å². The number of hydrogen-bond donors (Lipinski definition) is 0. The second-order valence-corrected chi connectivity index (χ2v) is 8.44. The molecule has 0 heterocycles. The normalized spacial score (nSPS) is 11.5. The lowest BCUT2D eigenvalue weighted by Crippen LogP contribution is -2.06. The van der Waals surface area contributed by atoms with Crippen LogP contribution < -0.4 is 0 Å². The van der Waals surface area contributed by atoms with Crippen LogP contribution in [0.5, 0.6) is 0 Å². The predicted molar refractivity (Wildman–Crippen MR) is 95.8 cm³/mol. The Morgan fingerprint density at radius 2 is 1.36 bits per heavy atom. The molecule has 118 valence electrons. The number of rotatable bonds is 7. The lowest BCUT2D eigenvalue weighted by molar-refractivity contribution is 0.589. The largest absolute Gasteiger partial charge is 0.224 e. The van der Waals surface area contributed by atoms with E-state index in [2.05, 4.69) is 22.9 Å². The SMILES string of the molecule is CCCCCCS(=O)(=O)c1ccc(-c2ccc(Br)cc2)cc1. The molecule has 0 bridgehead atoms. The van der Waals surface area contributed by atoms with E-state index in [0.29, 0.717) is 4.90 Å². The van der Waals surface area contributed by atoms with Gasteiger partial charge in [-0.25, -0.2) is 8.42 Å². The predicted octanol–water partition coefficient (Wildman–Crippen LogP) is 5.47. The van der Waals surface area contributed by atoms with Gasteiger partial charge in [0.25, 0.3) is 0 Å². The Bertz CT molecular complexity index is 689. The molecule has 0 aliphatic carbocycles. The summed E-state index contributed by atoms with van der Waals surface area (Å²) >= 11 is 3.41. The summed E-state index contributed by atoms with van der Waals surface area (Å²) < 4.78 is 25.6. The molecule has 0 aromatic heterocycles. The fraction of sp³-hybridized carbons (Fsp3) is 0.333. The quantitative estimate of drug-likeness (QED) is 0.596. The highest BCUT2D eigenvalue weighted by Gasteiger charge is 2.13. The van der Waals surface area contributed by atoms with Gasteiger partial charge in [-0.05, 0) is 41.8 Å². The summed E-state index contributed by atoms with van der Waals surface area (Å²) in [6.07, 6.45) is 3.93. The molecule has 0 amide bonds. The van der Waals surface area contributed by atoms with Crippen molar-refractivity contribution in [2.45, 2.75) is 37.5 Å². The minimum atomic E-state index is -3.15. The highest BCUT2D eigenvalue weighted by atomic mass is 79.9. The molecule has 2 nitrogen and oxygen atoms in total. The summed E-state index contributed by atoms with van der Waals surface area (Å²) in [4.78, 5) is 0.421. The summed E-state index contributed by atoms with van der Waals surface area (Å²) in [6, 6.07) is 15.2. The van der Waals surface area contributed by atoms with Crippen molar-refractivity contribution in [3.05, 3.63) is 53.0 Å². The molecule has 0 unspecified atom stereocenters. The van der Waals surface area contributed by atoms with Crippen molar-refractivity contribution in [1.82, 2.24) is 0 Å². The second-order valence-electron chi connectivity index (χ2n) is 5.41. The molecular formula is C18H21BrO2S. The molecule has 22 heavy (non-hydrogen) atoms. The van der Waals surface area contributed by atoms with Crippen LogP contribution in [0.3, 0.4) is 0 Å². The summed E-state index contributed by atoms with van der Waals surface area (Å²) in [7, 11) is -3.15. The maximum atomic E-state index is 12.3. The zero-order valence-electron chi connectivity index (χ0n) is 12.8. The van der Waals surface area contributed by atoms with Crippen molar-refractivity contribution in [3.8, 4) is 11.1 Å². The third kappa shape index (κ3) is 4.68. The number of benzene rings is 2. The first-order chi connectivity index (χ1) is 10.5. The van der Waals surface area contributed by atoms with Crippen molar-refractivity contribution in [2.24, 2.45) is 0 Å². The first-order valence-corrected chi connectivity index (χ1v) is 10.1. The third-order valence-corrected chi connectivity index (χ3v) is 6.00. The van der Waals surface area contributed by atoms with Crippen LogP contribution in [0.15, 0.2) is 57.9 Å². The van der Waals surface area contributed by atoms with E-state index in [1.165, 1.54) is 0 Å². The molecule has 0 atom stereocenters. The molecule has 0 aliphatic heterocycles. The van der Waals surface area contributed by atoms with Gasteiger partial charge in [0.2, 0.25) is 0 Å². The van der Waals surface area contributed by atoms with Crippen LogP contribution in [0.4, 0.5) is 0 Å². The molecule has 0 aliphatic rings.